The fourth-order valence-electron chi connectivity index (χ4n) is 2.18. The first-order valence-electron chi connectivity index (χ1n) is 6.82. The van der Waals surface area contributed by atoms with Crippen LogP contribution in [-0.4, -0.2) is 47.9 Å². The zero-order valence-corrected chi connectivity index (χ0v) is 13.8. The summed E-state index contributed by atoms with van der Waals surface area (Å²) < 4.78 is 5.90. The number of halogens is 2. The standard InChI is InChI=1S/C13H25Br2NO/c14-7-1-3-9-16-10-5-13(6-11-16)17-12-4-2-8-15/h13H,1-12H2. The van der Waals surface area contributed by atoms with Gasteiger partial charge >= 0.3 is 0 Å². The Hall–Kier alpha value is 0.880. The predicted molar refractivity (Wildman–Crippen MR) is 81.5 cm³/mol. The van der Waals surface area contributed by atoms with Crippen molar-refractivity contribution in [3.63, 3.8) is 0 Å². The van der Waals surface area contributed by atoms with Gasteiger partial charge < -0.3 is 9.64 Å². The first kappa shape index (κ1) is 15.9. The molecule has 1 aliphatic rings. The zero-order chi connectivity index (χ0) is 12.3. The smallest absolute Gasteiger partial charge is 0.0599 e. The third kappa shape index (κ3) is 7.81. The van der Waals surface area contributed by atoms with Gasteiger partial charge in [-0.1, -0.05) is 31.9 Å². The van der Waals surface area contributed by atoms with Crippen LogP contribution in [0.1, 0.15) is 38.5 Å². The molecule has 0 aromatic heterocycles. The zero-order valence-electron chi connectivity index (χ0n) is 10.7. The number of rotatable bonds is 9. The predicted octanol–water partition coefficient (Wildman–Crippen LogP) is 3.82. The molecule has 0 atom stereocenters. The number of hydrogen-bond acceptors (Lipinski definition) is 2. The second-order valence-electron chi connectivity index (χ2n) is 4.70. The lowest BCUT2D eigenvalue weighted by molar-refractivity contribution is 0.00632. The van der Waals surface area contributed by atoms with Crippen molar-refractivity contribution in [2.45, 2.75) is 44.6 Å². The maximum Gasteiger partial charge on any atom is 0.0599 e. The Morgan fingerprint density at radius 3 is 2.24 bits per heavy atom. The van der Waals surface area contributed by atoms with Crippen LogP contribution in [0.4, 0.5) is 0 Å². The summed E-state index contributed by atoms with van der Waals surface area (Å²) in [5.41, 5.74) is 0. The van der Waals surface area contributed by atoms with E-state index in [1.165, 1.54) is 58.2 Å². The summed E-state index contributed by atoms with van der Waals surface area (Å²) in [5, 5.41) is 2.24. The maximum absolute atomic E-state index is 5.90. The lowest BCUT2D eigenvalue weighted by Gasteiger charge is -2.31. The number of alkyl halides is 2. The van der Waals surface area contributed by atoms with Crippen LogP contribution in [0.2, 0.25) is 0 Å². The van der Waals surface area contributed by atoms with Gasteiger partial charge in [-0.15, -0.1) is 0 Å². The summed E-state index contributed by atoms with van der Waals surface area (Å²) >= 11 is 6.93. The van der Waals surface area contributed by atoms with Crippen LogP contribution in [0.5, 0.6) is 0 Å². The minimum atomic E-state index is 0.526. The molecule has 0 radical (unpaired) electrons. The third-order valence-corrected chi connectivity index (χ3v) is 4.40. The highest BCUT2D eigenvalue weighted by atomic mass is 79.9. The van der Waals surface area contributed by atoms with Gasteiger partial charge in [-0.3, -0.25) is 0 Å². The van der Waals surface area contributed by atoms with E-state index in [0.29, 0.717) is 6.10 Å². The van der Waals surface area contributed by atoms with E-state index in [0.717, 1.165) is 17.3 Å². The van der Waals surface area contributed by atoms with Crippen LogP contribution in [-0.2, 0) is 4.74 Å². The van der Waals surface area contributed by atoms with E-state index in [9.17, 15) is 0 Å². The average molecular weight is 371 g/mol. The SMILES string of the molecule is BrCCCCOC1CCN(CCCCBr)CC1. The van der Waals surface area contributed by atoms with E-state index in [1.54, 1.807) is 0 Å². The fraction of sp³-hybridized carbons (Fsp3) is 1.00. The van der Waals surface area contributed by atoms with Gasteiger partial charge in [0.15, 0.2) is 0 Å². The number of ether oxygens (including phenoxy) is 1. The molecule has 1 aliphatic heterocycles. The highest BCUT2D eigenvalue weighted by molar-refractivity contribution is 9.09. The topological polar surface area (TPSA) is 12.5 Å². The maximum atomic E-state index is 5.90. The average Bonchev–Trinajstić information content (AvgIpc) is 2.37. The van der Waals surface area contributed by atoms with Gasteiger partial charge in [0.2, 0.25) is 0 Å². The van der Waals surface area contributed by atoms with E-state index < -0.39 is 0 Å². The van der Waals surface area contributed by atoms with E-state index in [4.69, 9.17) is 4.74 Å². The molecular formula is C13H25Br2NO. The normalized spacial score (nSPS) is 18.7. The molecule has 0 bridgehead atoms. The third-order valence-electron chi connectivity index (χ3n) is 3.27. The van der Waals surface area contributed by atoms with Crippen molar-refractivity contribution in [3.8, 4) is 0 Å². The summed E-state index contributed by atoms with van der Waals surface area (Å²) in [6.07, 6.45) is 8.01. The van der Waals surface area contributed by atoms with Gasteiger partial charge in [0, 0.05) is 30.4 Å². The number of unbranched alkanes of at least 4 members (excludes halogenated alkanes) is 2. The van der Waals surface area contributed by atoms with Gasteiger partial charge in [-0.2, -0.15) is 0 Å². The summed E-state index contributed by atoms with van der Waals surface area (Å²) in [6.45, 7) is 4.67. The van der Waals surface area contributed by atoms with E-state index in [1.807, 2.05) is 0 Å². The Balaban J connectivity index is 1.97. The van der Waals surface area contributed by atoms with Crippen LogP contribution in [0, 0.1) is 0 Å². The second-order valence-corrected chi connectivity index (χ2v) is 6.29. The molecule has 0 saturated carbocycles. The summed E-state index contributed by atoms with van der Waals surface area (Å²) in [6, 6.07) is 0. The minimum absolute atomic E-state index is 0.526. The van der Waals surface area contributed by atoms with Gasteiger partial charge in [-0.25, -0.2) is 0 Å². The van der Waals surface area contributed by atoms with Crippen molar-refractivity contribution >= 4 is 31.9 Å². The van der Waals surface area contributed by atoms with Crippen LogP contribution in [0.3, 0.4) is 0 Å². The summed E-state index contributed by atoms with van der Waals surface area (Å²) in [4.78, 5) is 2.58. The first-order valence-corrected chi connectivity index (χ1v) is 9.07. The highest BCUT2D eigenvalue weighted by Gasteiger charge is 2.18. The quantitative estimate of drug-likeness (QED) is 0.452. The Bertz CT molecular complexity index is 173. The molecule has 2 nitrogen and oxygen atoms in total. The Morgan fingerprint density at radius 1 is 0.941 bits per heavy atom. The van der Waals surface area contributed by atoms with Gasteiger partial charge in [-0.05, 0) is 45.1 Å². The lowest BCUT2D eigenvalue weighted by Crippen LogP contribution is -2.37. The molecule has 0 amide bonds. The Kier molecular flexibility index (Phi) is 10.1. The highest BCUT2D eigenvalue weighted by Crippen LogP contribution is 2.15. The molecule has 0 aliphatic carbocycles. The van der Waals surface area contributed by atoms with Crippen LogP contribution in [0.25, 0.3) is 0 Å². The molecule has 17 heavy (non-hydrogen) atoms. The number of piperidine rings is 1. The molecule has 0 aromatic carbocycles. The molecule has 1 saturated heterocycles. The molecule has 1 rings (SSSR count). The molecule has 0 spiro atoms. The molecule has 0 aromatic rings. The summed E-state index contributed by atoms with van der Waals surface area (Å²) in [5.74, 6) is 0. The largest absolute Gasteiger partial charge is 0.378 e. The monoisotopic (exact) mass is 369 g/mol. The Labute approximate surface area is 123 Å². The van der Waals surface area contributed by atoms with Gasteiger partial charge in [0.25, 0.3) is 0 Å². The molecule has 102 valence electrons. The minimum Gasteiger partial charge on any atom is -0.378 e. The van der Waals surface area contributed by atoms with E-state index in [2.05, 4.69) is 36.8 Å². The summed E-state index contributed by atoms with van der Waals surface area (Å²) in [7, 11) is 0. The Morgan fingerprint density at radius 2 is 1.59 bits per heavy atom. The first-order chi connectivity index (χ1) is 8.36. The van der Waals surface area contributed by atoms with E-state index >= 15 is 0 Å². The van der Waals surface area contributed by atoms with Crippen molar-refractivity contribution in [1.82, 2.24) is 4.90 Å². The molecule has 0 N–H and O–H groups in total. The number of nitrogens with zero attached hydrogens (tertiary/aromatic N) is 1. The van der Waals surface area contributed by atoms with Gasteiger partial charge in [0.1, 0.15) is 0 Å². The molecule has 1 heterocycles. The van der Waals surface area contributed by atoms with Crippen molar-refractivity contribution in [3.05, 3.63) is 0 Å². The van der Waals surface area contributed by atoms with Crippen molar-refractivity contribution < 1.29 is 4.74 Å². The van der Waals surface area contributed by atoms with E-state index in [-0.39, 0.29) is 0 Å². The van der Waals surface area contributed by atoms with Crippen molar-refractivity contribution in [2.24, 2.45) is 0 Å². The number of hydrogen-bond donors (Lipinski definition) is 0. The molecular weight excluding hydrogens is 346 g/mol. The molecule has 4 heteroatoms. The fourth-order valence-corrected chi connectivity index (χ4v) is 2.97. The lowest BCUT2D eigenvalue weighted by atomic mass is 10.1. The van der Waals surface area contributed by atoms with Crippen LogP contribution < -0.4 is 0 Å². The van der Waals surface area contributed by atoms with Gasteiger partial charge in [0.05, 0.1) is 6.10 Å². The molecule has 0 unspecified atom stereocenters. The van der Waals surface area contributed by atoms with Crippen molar-refractivity contribution in [2.75, 3.05) is 36.9 Å². The second kappa shape index (κ2) is 10.8. The van der Waals surface area contributed by atoms with Crippen molar-refractivity contribution in [1.29, 1.82) is 0 Å². The van der Waals surface area contributed by atoms with Crippen LogP contribution >= 0.6 is 31.9 Å². The number of likely N-dealkylation sites (tertiary alicyclic amines) is 1. The van der Waals surface area contributed by atoms with Crippen LogP contribution in [0.15, 0.2) is 0 Å². The molecule has 1 fully saturated rings.